The van der Waals surface area contributed by atoms with Crippen molar-refractivity contribution < 1.29 is 5.11 Å². The molecule has 1 fully saturated rings. The zero-order chi connectivity index (χ0) is 10.7. The minimum absolute atomic E-state index is 0.0795. The lowest BCUT2D eigenvalue weighted by Crippen LogP contribution is -2.30. The van der Waals surface area contributed by atoms with Crippen molar-refractivity contribution in [3.8, 4) is 0 Å². The molecule has 1 aliphatic heterocycles. The lowest BCUT2D eigenvalue weighted by atomic mass is 10.1. The summed E-state index contributed by atoms with van der Waals surface area (Å²) in [7, 11) is 0. The van der Waals surface area contributed by atoms with Crippen LogP contribution in [0.5, 0.6) is 0 Å². The van der Waals surface area contributed by atoms with Crippen LogP contribution in [0.15, 0.2) is 18.3 Å². The molecule has 2 heterocycles. The Labute approximate surface area is 90.8 Å². The van der Waals surface area contributed by atoms with E-state index in [0.717, 1.165) is 24.3 Å². The van der Waals surface area contributed by atoms with Gasteiger partial charge in [-0.1, -0.05) is 13.0 Å². The number of aliphatic hydroxyl groups excluding tert-OH is 1. The summed E-state index contributed by atoms with van der Waals surface area (Å²) in [6, 6.07) is 4.43. The van der Waals surface area contributed by atoms with Gasteiger partial charge < -0.3 is 10.0 Å². The van der Waals surface area contributed by atoms with Crippen molar-refractivity contribution in [1.29, 1.82) is 0 Å². The van der Waals surface area contributed by atoms with Crippen LogP contribution in [0.2, 0.25) is 0 Å². The second-order valence-electron chi connectivity index (χ2n) is 4.04. The van der Waals surface area contributed by atoms with Gasteiger partial charge in [0.2, 0.25) is 0 Å². The van der Waals surface area contributed by atoms with Gasteiger partial charge in [-0.25, -0.2) is 4.98 Å². The second-order valence-corrected chi connectivity index (χ2v) is 4.04. The first-order valence-electron chi connectivity index (χ1n) is 5.68. The Morgan fingerprint density at radius 1 is 1.60 bits per heavy atom. The normalized spacial score (nSPS) is 20.9. The van der Waals surface area contributed by atoms with Crippen molar-refractivity contribution in [1.82, 2.24) is 4.98 Å². The summed E-state index contributed by atoms with van der Waals surface area (Å²) in [5, 5.41) is 9.27. The molecule has 3 nitrogen and oxygen atoms in total. The highest BCUT2D eigenvalue weighted by Crippen LogP contribution is 2.27. The largest absolute Gasteiger partial charge is 0.392 e. The highest BCUT2D eigenvalue weighted by atomic mass is 16.3. The van der Waals surface area contributed by atoms with Gasteiger partial charge in [0.1, 0.15) is 5.82 Å². The van der Waals surface area contributed by atoms with Crippen molar-refractivity contribution in [2.24, 2.45) is 0 Å². The van der Waals surface area contributed by atoms with E-state index in [2.05, 4.69) is 16.8 Å². The minimum Gasteiger partial charge on any atom is -0.392 e. The van der Waals surface area contributed by atoms with E-state index in [1.165, 1.54) is 12.8 Å². The van der Waals surface area contributed by atoms with Crippen molar-refractivity contribution in [2.75, 3.05) is 11.4 Å². The summed E-state index contributed by atoms with van der Waals surface area (Å²) >= 11 is 0. The number of aliphatic hydroxyl groups is 1. The van der Waals surface area contributed by atoms with Crippen molar-refractivity contribution in [3.63, 3.8) is 0 Å². The maximum absolute atomic E-state index is 9.27. The van der Waals surface area contributed by atoms with E-state index in [4.69, 9.17) is 0 Å². The Balaban J connectivity index is 2.27. The van der Waals surface area contributed by atoms with Crippen LogP contribution < -0.4 is 4.90 Å². The highest BCUT2D eigenvalue weighted by molar-refractivity contribution is 5.48. The SMILES string of the molecule is CCC1CCCN1c1ncccc1CO. The molecule has 0 spiro atoms. The van der Waals surface area contributed by atoms with Gasteiger partial charge in [-0.15, -0.1) is 0 Å². The molecule has 2 rings (SSSR count). The zero-order valence-electron chi connectivity index (χ0n) is 9.19. The van der Waals surface area contributed by atoms with Gasteiger partial charge in [-0.05, 0) is 25.3 Å². The number of pyridine rings is 1. The number of aromatic nitrogens is 1. The molecule has 82 valence electrons. The molecule has 0 aliphatic carbocycles. The molecule has 1 aromatic rings. The van der Waals surface area contributed by atoms with Crippen LogP contribution in [0.1, 0.15) is 31.7 Å². The van der Waals surface area contributed by atoms with Crippen LogP contribution in [-0.2, 0) is 6.61 Å². The molecule has 0 bridgehead atoms. The first kappa shape index (κ1) is 10.4. The van der Waals surface area contributed by atoms with Crippen LogP contribution in [0.3, 0.4) is 0 Å². The molecule has 0 aromatic carbocycles. The lowest BCUT2D eigenvalue weighted by molar-refractivity contribution is 0.281. The fourth-order valence-electron chi connectivity index (χ4n) is 2.35. The van der Waals surface area contributed by atoms with Crippen molar-refractivity contribution >= 4 is 5.82 Å². The molecular formula is C12H18N2O. The Hall–Kier alpha value is -1.09. The molecule has 1 saturated heterocycles. The number of nitrogens with zero attached hydrogens (tertiary/aromatic N) is 2. The topological polar surface area (TPSA) is 36.4 Å². The third-order valence-electron chi connectivity index (χ3n) is 3.16. The third-order valence-corrected chi connectivity index (χ3v) is 3.16. The van der Waals surface area contributed by atoms with E-state index in [9.17, 15) is 5.11 Å². The first-order chi connectivity index (χ1) is 7.36. The summed E-state index contributed by atoms with van der Waals surface area (Å²) in [6.07, 6.45) is 5.44. The maximum atomic E-state index is 9.27. The minimum atomic E-state index is 0.0795. The summed E-state index contributed by atoms with van der Waals surface area (Å²) in [5.41, 5.74) is 0.942. The quantitative estimate of drug-likeness (QED) is 0.821. The summed E-state index contributed by atoms with van der Waals surface area (Å²) in [4.78, 5) is 6.73. The average Bonchev–Trinajstić information content (AvgIpc) is 2.76. The average molecular weight is 206 g/mol. The molecular weight excluding hydrogens is 188 g/mol. The van der Waals surface area contributed by atoms with E-state index in [1.54, 1.807) is 6.20 Å². The molecule has 1 aromatic heterocycles. The molecule has 1 aliphatic rings. The second kappa shape index (κ2) is 4.62. The van der Waals surface area contributed by atoms with Crippen LogP contribution in [0.25, 0.3) is 0 Å². The first-order valence-corrected chi connectivity index (χ1v) is 5.68. The molecule has 0 radical (unpaired) electrons. The Morgan fingerprint density at radius 3 is 3.20 bits per heavy atom. The predicted octanol–water partition coefficient (Wildman–Crippen LogP) is 1.95. The Kier molecular flexibility index (Phi) is 3.21. The van der Waals surface area contributed by atoms with Crippen molar-refractivity contribution in [3.05, 3.63) is 23.9 Å². The fourth-order valence-corrected chi connectivity index (χ4v) is 2.35. The molecule has 1 unspecified atom stereocenters. The molecule has 15 heavy (non-hydrogen) atoms. The van der Waals surface area contributed by atoms with E-state index >= 15 is 0 Å². The van der Waals surface area contributed by atoms with Gasteiger partial charge in [0.25, 0.3) is 0 Å². The number of anilines is 1. The van der Waals surface area contributed by atoms with Crippen LogP contribution in [0, 0.1) is 0 Å². The van der Waals surface area contributed by atoms with Gasteiger partial charge in [-0.2, -0.15) is 0 Å². The van der Waals surface area contributed by atoms with Gasteiger partial charge in [0, 0.05) is 24.3 Å². The smallest absolute Gasteiger partial charge is 0.134 e. The monoisotopic (exact) mass is 206 g/mol. The molecule has 3 heteroatoms. The van der Waals surface area contributed by atoms with Crippen LogP contribution in [0.4, 0.5) is 5.82 Å². The summed E-state index contributed by atoms with van der Waals surface area (Å²) in [5.74, 6) is 0.976. The number of rotatable bonds is 3. The standard InChI is InChI=1S/C12H18N2O/c1-2-11-6-4-8-14(11)12-10(9-15)5-3-7-13-12/h3,5,7,11,15H,2,4,6,8-9H2,1H3. The highest BCUT2D eigenvalue weighted by Gasteiger charge is 2.25. The number of hydrogen-bond acceptors (Lipinski definition) is 3. The summed E-state index contributed by atoms with van der Waals surface area (Å²) < 4.78 is 0. The zero-order valence-corrected chi connectivity index (χ0v) is 9.19. The Morgan fingerprint density at radius 2 is 2.47 bits per heavy atom. The third kappa shape index (κ3) is 1.97. The molecule has 0 saturated carbocycles. The van der Waals surface area contributed by atoms with Gasteiger partial charge in [0.15, 0.2) is 0 Å². The van der Waals surface area contributed by atoms with E-state index in [-0.39, 0.29) is 6.61 Å². The molecule has 1 atom stereocenters. The molecule has 1 N–H and O–H groups in total. The van der Waals surface area contributed by atoms with E-state index in [1.807, 2.05) is 12.1 Å². The van der Waals surface area contributed by atoms with Gasteiger partial charge in [0.05, 0.1) is 6.61 Å². The van der Waals surface area contributed by atoms with Gasteiger partial charge >= 0.3 is 0 Å². The van der Waals surface area contributed by atoms with Crippen LogP contribution >= 0.6 is 0 Å². The van der Waals surface area contributed by atoms with E-state index < -0.39 is 0 Å². The number of hydrogen-bond donors (Lipinski definition) is 1. The maximum Gasteiger partial charge on any atom is 0.134 e. The van der Waals surface area contributed by atoms with Crippen molar-refractivity contribution in [2.45, 2.75) is 38.8 Å². The lowest BCUT2D eigenvalue weighted by Gasteiger charge is -2.26. The van der Waals surface area contributed by atoms with Gasteiger partial charge in [-0.3, -0.25) is 0 Å². The Bertz CT molecular complexity index is 327. The summed E-state index contributed by atoms with van der Waals surface area (Å²) in [6.45, 7) is 3.36. The molecule has 0 amide bonds. The van der Waals surface area contributed by atoms with Crippen LogP contribution in [-0.4, -0.2) is 22.7 Å². The predicted molar refractivity (Wildman–Crippen MR) is 60.8 cm³/mol. The fraction of sp³-hybridized carbons (Fsp3) is 0.583. The van der Waals surface area contributed by atoms with E-state index in [0.29, 0.717) is 6.04 Å².